The third kappa shape index (κ3) is 3.43. The first-order valence-electron chi connectivity index (χ1n) is 7.46. The van der Waals surface area contributed by atoms with Crippen molar-refractivity contribution in [1.82, 2.24) is 25.3 Å². The van der Waals surface area contributed by atoms with Crippen LogP contribution >= 0.6 is 0 Å². The smallest absolute Gasteiger partial charge is 0.325 e. The molecule has 2 aromatic heterocycles. The summed E-state index contributed by atoms with van der Waals surface area (Å²) in [6.45, 7) is 1.97. The summed E-state index contributed by atoms with van der Waals surface area (Å²) >= 11 is 0. The maximum Gasteiger partial charge on any atom is 0.325 e. The van der Waals surface area contributed by atoms with Gasteiger partial charge in [-0.1, -0.05) is 17.3 Å². The van der Waals surface area contributed by atoms with Gasteiger partial charge in [-0.15, -0.1) is 5.10 Å². The first-order chi connectivity index (χ1) is 11.5. The predicted octanol–water partition coefficient (Wildman–Crippen LogP) is 1.01. The highest BCUT2D eigenvalue weighted by molar-refractivity contribution is 5.90. The zero-order valence-electron chi connectivity index (χ0n) is 13.1. The number of aryl methyl sites for hydroxylation is 1. The molecule has 0 bridgehead atoms. The van der Waals surface area contributed by atoms with E-state index in [1.807, 2.05) is 31.3 Å². The van der Waals surface area contributed by atoms with E-state index in [-0.39, 0.29) is 25.4 Å². The molecule has 0 aliphatic carbocycles. The van der Waals surface area contributed by atoms with Gasteiger partial charge in [-0.05, 0) is 24.1 Å². The molecule has 0 saturated heterocycles. The number of carbonyl (C=O) groups excluding carboxylic acids is 1. The molecule has 8 nitrogen and oxygen atoms in total. The van der Waals surface area contributed by atoms with Gasteiger partial charge in [-0.3, -0.25) is 9.59 Å². The Morgan fingerprint density at radius 2 is 2.21 bits per heavy atom. The number of aromatic amines is 1. The number of benzene rings is 1. The number of fused-ring (bicyclic) bond motifs is 1. The number of nitrogens with zero attached hydrogens (tertiary/aromatic N) is 3. The summed E-state index contributed by atoms with van der Waals surface area (Å²) in [5, 5.41) is 20.1. The van der Waals surface area contributed by atoms with Crippen LogP contribution in [0.3, 0.4) is 0 Å². The van der Waals surface area contributed by atoms with Gasteiger partial charge in [0.2, 0.25) is 5.91 Å². The molecule has 1 aromatic carbocycles. The Balaban J connectivity index is 1.61. The van der Waals surface area contributed by atoms with Gasteiger partial charge >= 0.3 is 5.97 Å². The number of nitrogens with one attached hydrogen (secondary N) is 2. The Labute approximate surface area is 137 Å². The maximum absolute atomic E-state index is 12.1. The number of carboxylic acid groups (broad SMARTS) is 1. The average Bonchev–Trinajstić information content (AvgIpc) is 3.13. The average molecular weight is 327 g/mol. The first-order valence-corrected chi connectivity index (χ1v) is 7.46. The summed E-state index contributed by atoms with van der Waals surface area (Å²) in [6, 6.07) is 5.96. The number of carbonyl (C=O) groups is 2. The van der Waals surface area contributed by atoms with E-state index in [1.54, 1.807) is 0 Å². The largest absolute Gasteiger partial charge is 0.480 e. The predicted molar refractivity (Wildman–Crippen MR) is 86.2 cm³/mol. The van der Waals surface area contributed by atoms with Gasteiger partial charge in [-0.25, -0.2) is 4.68 Å². The van der Waals surface area contributed by atoms with Crippen LogP contribution in [0, 0.1) is 6.92 Å². The van der Waals surface area contributed by atoms with Gasteiger partial charge in [0.15, 0.2) is 0 Å². The van der Waals surface area contributed by atoms with Crippen LogP contribution in [0.1, 0.15) is 16.8 Å². The number of hydrogen-bond acceptors (Lipinski definition) is 4. The van der Waals surface area contributed by atoms with Crippen LogP contribution in [-0.2, 0) is 29.1 Å². The van der Waals surface area contributed by atoms with Crippen molar-refractivity contribution in [3.05, 3.63) is 47.4 Å². The quantitative estimate of drug-likeness (QED) is 0.625. The molecule has 0 spiro atoms. The second-order valence-electron chi connectivity index (χ2n) is 5.57. The Kier molecular flexibility index (Phi) is 4.28. The molecule has 3 N–H and O–H groups in total. The van der Waals surface area contributed by atoms with Crippen molar-refractivity contribution in [2.75, 3.05) is 0 Å². The monoisotopic (exact) mass is 327 g/mol. The third-order valence-electron chi connectivity index (χ3n) is 3.70. The topological polar surface area (TPSA) is 113 Å². The molecule has 2 heterocycles. The van der Waals surface area contributed by atoms with Gasteiger partial charge in [0.05, 0.1) is 19.2 Å². The number of aliphatic carboxylic acids is 1. The highest BCUT2D eigenvalue weighted by Gasteiger charge is 2.11. The Hall–Kier alpha value is -3.16. The molecule has 24 heavy (non-hydrogen) atoms. The van der Waals surface area contributed by atoms with Crippen molar-refractivity contribution < 1.29 is 14.7 Å². The van der Waals surface area contributed by atoms with E-state index < -0.39 is 5.97 Å². The number of rotatable bonds is 6. The maximum atomic E-state index is 12.1. The zero-order chi connectivity index (χ0) is 17.1. The fraction of sp³-hybridized carbons (Fsp3) is 0.250. The van der Waals surface area contributed by atoms with Crippen molar-refractivity contribution in [3.8, 4) is 0 Å². The zero-order valence-corrected chi connectivity index (χ0v) is 13.1. The molecule has 3 rings (SSSR count). The van der Waals surface area contributed by atoms with Crippen molar-refractivity contribution in [2.45, 2.75) is 26.4 Å². The molecule has 0 aliphatic heterocycles. The Morgan fingerprint density at radius 1 is 1.38 bits per heavy atom. The highest BCUT2D eigenvalue weighted by Crippen LogP contribution is 2.22. The molecular weight excluding hydrogens is 310 g/mol. The molecule has 0 unspecified atom stereocenters. The van der Waals surface area contributed by atoms with Crippen LogP contribution in [0.15, 0.2) is 30.6 Å². The number of H-pyrrole nitrogens is 1. The summed E-state index contributed by atoms with van der Waals surface area (Å²) in [5.41, 5.74) is 3.58. The molecule has 0 aliphatic rings. The lowest BCUT2D eigenvalue weighted by molar-refractivity contribution is -0.138. The van der Waals surface area contributed by atoms with Crippen LogP contribution in [0.4, 0.5) is 0 Å². The van der Waals surface area contributed by atoms with Gasteiger partial charge < -0.3 is 15.4 Å². The van der Waals surface area contributed by atoms with E-state index in [4.69, 9.17) is 5.11 Å². The minimum atomic E-state index is -0.995. The number of aromatic nitrogens is 4. The van der Waals surface area contributed by atoms with Crippen molar-refractivity contribution in [3.63, 3.8) is 0 Å². The summed E-state index contributed by atoms with van der Waals surface area (Å²) < 4.78 is 1.22. The second-order valence-corrected chi connectivity index (χ2v) is 5.57. The molecule has 8 heteroatoms. The molecule has 0 radical (unpaired) electrons. The molecule has 1 amide bonds. The molecule has 3 aromatic rings. The Morgan fingerprint density at radius 3 is 3.00 bits per heavy atom. The summed E-state index contributed by atoms with van der Waals surface area (Å²) in [6.07, 6.45) is 3.61. The van der Waals surface area contributed by atoms with E-state index in [0.29, 0.717) is 5.69 Å². The van der Waals surface area contributed by atoms with Crippen molar-refractivity contribution >= 4 is 22.8 Å². The van der Waals surface area contributed by atoms with E-state index >= 15 is 0 Å². The van der Waals surface area contributed by atoms with Gasteiger partial charge in [0.1, 0.15) is 12.2 Å². The number of amides is 1. The van der Waals surface area contributed by atoms with Crippen LogP contribution in [0.5, 0.6) is 0 Å². The van der Waals surface area contributed by atoms with E-state index in [2.05, 4.69) is 20.6 Å². The summed E-state index contributed by atoms with van der Waals surface area (Å²) in [7, 11) is 0. The van der Waals surface area contributed by atoms with E-state index in [0.717, 1.165) is 22.0 Å². The normalized spacial score (nSPS) is 10.9. The lowest BCUT2D eigenvalue weighted by Crippen LogP contribution is -2.24. The van der Waals surface area contributed by atoms with Gasteiger partial charge in [-0.2, -0.15) is 0 Å². The third-order valence-corrected chi connectivity index (χ3v) is 3.70. The van der Waals surface area contributed by atoms with E-state index in [1.165, 1.54) is 10.9 Å². The van der Waals surface area contributed by atoms with Crippen molar-refractivity contribution in [2.24, 2.45) is 0 Å². The molecule has 124 valence electrons. The number of hydrogen-bond donors (Lipinski definition) is 3. The summed E-state index contributed by atoms with van der Waals surface area (Å²) in [5.74, 6) is -1.13. The fourth-order valence-corrected chi connectivity index (χ4v) is 2.65. The lowest BCUT2D eigenvalue weighted by Gasteiger charge is -2.04. The molecule has 0 fully saturated rings. The van der Waals surface area contributed by atoms with Crippen LogP contribution in [0.25, 0.3) is 10.9 Å². The van der Waals surface area contributed by atoms with Gasteiger partial charge in [0.25, 0.3) is 0 Å². The SMILES string of the molecule is Cc1cccc2[nH]cc(CC(=O)NCc3cn(CC(=O)O)nn3)c12. The second kappa shape index (κ2) is 6.53. The van der Waals surface area contributed by atoms with Crippen LogP contribution in [-0.4, -0.2) is 37.0 Å². The highest BCUT2D eigenvalue weighted by atomic mass is 16.4. The van der Waals surface area contributed by atoms with Crippen LogP contribution in [0.2, 0.25) is 0 Å². The standard InChI is InChI=1S/C16H17N5O3/c1-10-3-2-4-13-16(10)11(6-17-13)5-14(22)18-7-12-8-21(20-19-12)9-15(23)24/h2-4,6,8,17H,5,7,9H2,1H3,(H,18,22)(H,23,24). The van der Waals surface area contributed by atoms with Crippen LogP contribution < -0.4 is 5.32 Å². The first kappa shape index (κ1) is 15.7. The fourth-order valence-electron chi connectivity index (χ4n) is 2.65. The number of carboxylic acids is 1. The lowest BCUT2D eigenvalue weighted by atomic mass is 10.1. The van der Waals surface area contributed by atoms with Crippen molar-refractivity contribution in [1.29, 1.82) is 0 Å². The minimum Gasteiger partial charge on any atom is -0.480 e. The summed E-state index contributed by atoms with van der Waals surface area (Å²) in [4.78, 5) is 25.9. The molecule has 0 atom stereocenters. The molecular formula is C16H17N5O3. The minimum absolute atomic E-state index is 0.132. The Bertz CT molecular complexity index is 896. The van der Waals surface area contributed by atoms with Gasteiger partial charge in [0, 0.05) is 17.1 Å². The van der Waals surface area contributed by atoms with E-state index in [9.17, 15) is 9.59 Å². The molecule has 0 saturated carbocycles.